The topological polar surface area (TPSA) is 77.0 Å². The Morgan fingerprint density at radius 2 is 2.04 bits per heavy atom. The van der Waals surface area contributed by atoms with E-state index in [1.54, 1.807) is 7.05 Å². The summed E-state index contributed by atoms with van der Waals surface area (Å²) in [5, 5.41) is 6.71. The van der Waals surface area contributed by atoms with Gasteiger partial charge in [0.05, 0.1) is 6.26 Å². The number of benzene rings is 1. The molecule has 1 unspecified atom stereocenters. The second-order valence-electron chi connectivity index (χ2n) is 7.24. The van der Waals surface area contributed by atoms with Crippen LogP contribution in [-0.4, -0.2) is 75.7 Å². The van der Waals surface area contributed by atoms with Gasteiger partial charge in [0.1, 0.15) is 0 Å². The van der Waals surface area contributed by atoms with E-state index in [4.69, 9.17) is 0 Å². The van der Waals surface area contributed by atoms with E-state index in [-0.39, 0.29) is 0 Å². The molecule has 0 amide bonds. The van der Waals surface area contributed by atoms with Gasteiger partial charge in [0.15, 0.2) is 5.96 Å². The number of aliphatic imine (C=N–C) groups is 1. The lowest BCUT2D eigenvalue weighted by molar-refractivity contribution is 0.245. The molecule has 158 valence electrons. The summed E-state index contributed by atoms with van der Waals surface area (Å²) in [6.07, 6.45) is 4.42. The van der Waals surface area contributed by atoms with Crippen molar-refractivity contribution in [3.8, 4) is 0 Å². The normalized spacial score (nSPS) is 18.6. The molecule has 1 fully saturated rings. The molecule has 0 aliphatic carbocycles. The van der Waals surface area contributed by atoms with Gasteiger partial charge in [-0.3, -0.25) is 9.89 Å². The highest BCUT2D eigenvalue weighted by atomic mass is 32.2. The summed E-state index contributed by atoms with van der Waals surface area (Å²) in [6, 6.07) is 11.1. The summed E-state index contributed by atoms with van der Waals surface area (Å²) in [4.78, 5) is 6.82. The molecule has 1 aromatic carbocycles. The van der Waals surface area contributed by atoms with Crippen LogP contribution in [0.5, 0.6) is 0 Å². The fourth-order valence-electron chi connectivity index (χ4n) is 3.61. The summed E-state index contributed by atoms with van der Waals surface area (Å²) in [6.45, 7) is 6.54. The summed E-state index contributed by atoms with van der Waals surface area (Å²) < 4.78 is 24.7. The van der Waals surface area contributed by atoms with Crippen LogP contribution in [0.1, 0.15) is 31.7 Å². The third kappa shape index (κ3) is 7.41. The number of hydrogen-bond acceptors (Lipinski definition) is 4. The molecule has 1 saturated heterocycles. The number of likely N-dealkylation sites (tertiary alicyclic amines) is 1. The molecular weight excluding hydrogens is 374 g/mol. The molecule has 0 bridgehead atoms. The van der Waals surface area contributed by atoms with Crippen LogP contribution >= 0.6 is 0 Å². The van der Waals surface area contributed by atoms with Gasteiger partial charge in [-0.1, -0.05) is 37.3 Å². The highest BCUT2D eigenvalue weighted by molar-refractivity contribution is 7.88. The minimum absolute atomic E-state index is 0.500. The summed E-state index contributed by atoms with van der Waals surface area (Å²) in [5.41, 5.74) is 1.35. The first-order valence-corrected chi connectivity index (χ1v) is 12.0. The van der Waals surface area contributed by atoms with Crippen LogP contribution in [-0.2, 0) is 16.6 Å². The fraction of sp³-hybridized carbons (Fsp3) is 0.650. The first kappa shape index (κ1) is 22.6. The minimum atomic E-state index is -3.12. The van der Waals surface area contributed by atoms with Gasteiger partial charge in [-0.25, -0.2) is 12.7 Å². The van der Waals surface area contributed by atoms with E-state index in [2.05, 4.69) is 50.9 Å². The van der Waals surface area contributed by atoms with Gasteiger partial charge in [-0.2, -0.15) is 0 Å². The molecule has 1 atom stereocenters. The van der Waals surface area contributed by atoms with Crippen LogP contribution in [0, 0.1) is 0 Å². The maximum Gasteiger partial charge on any atom is 0.211 e. The third-order valence-corrected chi connectivity index (χ3v) is 6.53. The fourth-order valence-corrected chi connectivity index (χ4v) is 4.54. The average Bonchev–Trinajstić information content (AvgIpc) is 3.11. The summed E-state index contributed by atoms with van der Waals surface area (Å²) in [7, 11) is -1.36. The molecule has 0 radical (unpaired) electrons. The molecule has 0 spiro atoms. The maximum atomic E-state index is 11.6. The van der Waals surface area contributed by atoms with Crippen molar-refractivity contribution in [2.24, 2.45) is 4.99 Å². The molecule has 2 rings (SSSR count). The number of nitrogens with zero attached hydrogens (tertiary/aromatic N) is 3. The lowest BCUT2D eigenvalue weighted by atomic mass is 10.2. The van der Waals surface area contributed by atoms with E-state index in [1.807, 2.05) is 6.92 Å². The highest BCUT2D eigenvalue weighted by Crippen LogP contribution is 2.19. The van der Waals surface area contributed by atoms with E-state index < -0.39 is 10.0 Å². The monoisotopic (exact) mass is 409 g/mol. The number of nitrogens with one attached hydrogen (secondary N) is 2. The van der Waals surface area contributed by atoms with Crippen LogP contribution in [0.3, 0.4) is 0 Å². The van der Waals surface area contributed by atoms with Crippen molar-refractivity contribution in [3.05, 3.63) is 35.9 Å². The Morgan fingerprint density at radius 3 is 2.68 bits per heavy atom. The van der Waals surface area contributed by atoms with Crippen LogP contribution in [0.25, 0.3) is 0 Å². The number of guanidine groups is 1. The third-order valence-electron chi connectivity index (χ3n) is 5.15. The van der Waals surface area contributed by atoms with E-state index in [1.165, 1.54) is 29.0 Å². The van der Waals surface area contributed by atoms with E-state index >= 15 is 0 Å². The zero-order valence-corrected chi connectivity index (χ0v) is 18.2. The molecule has 0 saturated carbocycles. The van der Waals surface area contributed by atoms with Crippen molar-refractivity contribution >= 4 is 16.0 Å². The van der Waals surface area contributed by atoms with E-state index in [0.29, 0.717) is 25.7 Å². The maximum absolute atomic E-state index is 11.6. The summed E-state index contributed by atoms with van der Waals surface area (Å²) in [5.74, 6) is 0.772. The van der Waals surface area contributed by atoms with Crippen LogP contribution < -0.4 is 10.6 Å². The molecule has 1 aliphatic heterocycles. The Morgan fingerprint density at radius 1 is 1.29 bits per heavy atom. The van der Waals surface area contributed by atoms with Crippen molar-refractivity contribution in [2.45, 2.75) is 38.8 Å². The lowest BCUT2D eigenvalue weighted by Crippen LogP contribution is -2.45. The van der Waals surface area contributed by atoms with Crippen molar-refractivity contribution in [1.29, 1.82) is 0 Å². The molecule has 2 N–H and O–H groups in total. The minimum Gasteiger partial charge on any atom is -0.356 e. The van der Waals surface area contributed by atoms with Gasteiger partial charge in [-0.05, 0) is 31.4 Å². The summed E-state index contributed by atoms with van der Waals surface area (Å²) >= 11 is 0. The molecule has 8 heteroatoms. The predicted octanol–water partition coefficient (Wildman–Crippen LogP) is 1.49. The molecule has 28 heavy (non-hydrogen) atoms. The Balaban J connectivity index is 1.72. The number of sulfonamides is 1. The van der Waals surface area contributed by atoms with Crippen molar-refractivity contribution in [1.82, 2.24) is 19.8 Å². The lowest BCUT2D eigenvalue weighted by Gasteiger charge is -2.25. The van der Waals surface area contributed by atoms with Gasteiger partial charge in [0.2, 0.25) is 10.0 Å². The van der Waals surface area contributed by atoms with Crippen molar-refractivity contribution in [2.75, 3.05) is 46.0 Å². The SMILES string of the molecule is CCN(CCCNC(=NC)NCC1CCCN1Cc1ccccc1)S(C)(=O)=O. The smallest absolute Gasteiger partial charge is 0.211 e. The van der Waals surface area contributed by atoms with Crippen LogP contribution in [0.15, 0.2) is 35.3 Å². The first-order valence-electron chi connectivity index (χ1n) is 10.1. The molecule has 1 aliphatic rings. The number of rotatable bonds is 10. The Hall–Kier alpha value is -1.64. The molecule has 7 nitrogen and oxygen atoms in total. The molecule has 1 aromatic rings. The predicted molar refractivity (Wildman–Crippen MR) is 116 cm³/mol. The van der Waals surface area contributed by atoms with Gasteiger partial charge in [-0.15, -0.1) is 0 Å². The van der Waals surface area contributed by atoms with E-state index in [9.17, 15) is 8.42 Å². The van der Waals surface area contributed by atoms with Crippen LogP contribution in [0.4, 0.5) is 0 Å². The zero-order chi connectivity index (χ0) is 20.4. The standard InChI is InChI=1S/C20H35N5O2S/c1-4-25(28(3,26)27)15-9-13-22-20(21-2)23-16-19-12-8-14-24(19)17-18-10-6-5-7-11-18/h5-7,10-11,19H,4,8-9,12-17H2,1-3H3,(H2,21,22,23). The largest absolute Gasteiger partial charge is 0.356 e. The van der Waals surface area contributed by atoms with Crippen molar-refractivity contribution in [3.63, 3.8) is 0 Å². The van der Waals surface area contributed by atoms with Gasteiger partial charge in [0, 0.05) is 45.8 Å². The van der Waals surface area contributed by atoms with Gasteiger partial charge >= 0.3 is 0 Å². The van der Waals surface area contributed by atoms with Crippen molar-refractivity contribution < 1.29 is 8.42 Å². The van der Waals surface area contributed by atoms with Gasteiger partial charge in [0.25, 0.3) is 0 Å². The molecule has 0 aromatic heterocycles. The first-order chi connectivity index (χ1) is 13.4. The second-order valence-corrected chi connectivity index (χ2v) is 9.22. The molecule has 1 heterocycles. The Bertz CT molecular complexity index is 709. The van der Waals surface area contributed by atoms with Gasteiger partial charge < -0.3 is 10.6 Å². The average molecular weight is 410 g/mol. The van der Waals surface area contributed by atoms with E-state index in [0.717, 1.165) is 32.0 Å². The zero-order valence-electron chi connectivity index (χ0n) is 17.4. The second kappa shape index (κ2) is 11.4. The number of hydrogen-bond donors (Lipinski definition) is 2. The highest BCUT2D eigenvalue weighted by Gasteiger charge is 2.24. The van der Waals surface area contributed by atoms with Crippen LogP contribution in [0.2, 0.25) is 0 Å². The Kier molecular flexibility index (Phi) is 9.21. The molecular formula is C20H35N5O2S. The Labute approximate surface area is 170 Å². The quantitative estimate of drug-likeness (QED) is 0.348.